The van der Waals surface area contributed by atoms with Crippen LogP contribution in [-0.4, -0.2) is 14.1 Å². The van der Waals surface area contributed by atoms with Gasteiger partial charge in [-0.05, 0) is 35.9 Å². The summed E-state index contributed by atoms with van der Waals surface area (Å²) in [6, 6.07) is 14.2. The van der Waals surface area contributed by atoms with Crippen LogP contribution in [0.1, 0.15) is 5.56 Å². The van der Waals surface area contributed by atoms with Gasteiger partial charge in [0.1, 0.15) is 0 Å². The summed E-state index contributed by atoms with van der Waals surface area (Å²) in [6.45, 7) is 0.759. The molecule has 0 unspecified atom stereocenters. The second-order valence-corrected chi connectivity index (χ2v) is 5.82. The maximum Gasteiger partial charge on any atom is 0.0417 e. The van der Waals surface area contributed by atoms with E-state index >= 15 is 0 Å². The number of hydrogen-bond donors (Lipinski definition) is 1. The predicted molar refractivity (Wildman–Crippen MR) is 87.2 cm³/mol. The van der Waals surface area contributed by atoms with Gasteiger partial charge in [-0.3, -0.25) is 0 Å². The number of hydrogen-bond acceptors (Lipinski definition) is 2. The molecular weight excluding hydrogens is 324 g/mol. The topological polar surface area (TPSA) is 15.3 Å². The van der Waals surface area contributed by atoms with Gasteiger partial charge in [-0.25, -0.2) is 0 Å². The molecule has 0 spiro atoms. The fourth-order valence-electron chi connectivity index (χ4n) is 1.76. The molecule has 2 aromatic rings. The van der Waals surface area contributed by atoms with Gasteiger partial charge in [0.05, 0.1) is 0 Å². The average molecular weight is 340 g/mol. The molecule has 2 aromatic carbocycles. The minimum atomic E-state index is 0.741. The molecule has 100 valence electrons. The highest BCUT2D eigenvalue weighted by Gasteiger charge is 2.02. The van der Waals surface area contributed by atoms with Crippen LogP contribution in [-0.2, 0) is 6.54 Å². The van der Waals surface area contributed by atoms with Gasteiger partial charge in [-0.2, -0.15) is 0 Å². The smallest absolute Gasteiger partial charge is 0.0417 e. The zero-order chi connectivity index (χ0) is 13.8. The van der Waals surface area contributed by atoms with Crippen molar-refractivity contribution < 1.29 is 0 Å². The Morgan fingerprint density at radius 3 is 2.63 bits per heavy atom. The van der Waals surface area contributed by atoms with Crippen molar-refractivity contribution in [2.24, 2.45) is 0 Å². The van der Waals surface area contributed by atoms with Crippen LogP contribution in [0.2, 0.25) is 5.02 Å². The van der Waals surface area contributed by atoms with Crippen LogP contribution in [0.25, 0.3) is 0 Å². The van der Waals surface area contributed by atoms with Gasteiger partial charge < -0.3 is 10.2 Å². The highest BCUT2D eigenvalue weighted by Crippen LogP contribution is 2.23. The summed E-state index contributed by atoms with van der Waals surface area (Å²) in [4.78, 5) is 2.09. The minimum absolute atomic E-state index is 0.741. The molecule has 0 bridgehead atoms. The lowest BCUT2D eigenvalue weighted by Gasteiger charge is -2.15. The van der Waals surface area contributed by atoms with E-state index in [1.165, 1.54) is 11.3 Å². The lowest BCUT2D eigenvalue weighted by Crippen LogP contribution is -2.09. The Labute approximate surface area is 127 Å². The van der Waals surface area contributed by atoms with Gasteiger partial charge in [0, 0.05) is 41.5 Å². The summed E-state index contributed by atoms with van der Waals surface area (Å²) in [5.41, 5.74) is 3.47. The van der Waals surface area contributed by atoms with Crippen molar-refractivity contribution in [3.05, 3.63) is 57.5 Å². The summed E-state index contributed by atoms with van der Waals surface area (Å²) < 4.78 is 1.02. The van der Waals surface area contributed by atoms with Crippen LogP contribution in [0, 0.1) is 0 Å². The normalized spacial score (nSPS) is 10.3. The number of rotatable bonds is 4. The van der Waals surface area contributed by atoms with Crippen LogP contribution < -0.4 is 10.2 Å². The first-order valence-electron chi connectivity index (χ1n) is 6.01. The van der Waals surface area contributed by atoms with E-state index < -0.39 is 0 Å². The van der Waals surface area contributed by atoms with Crippen LogP contribution in [0.4, 0.5) is 11.4 Å². The molecule has 0 heterocycles. The van der Waals surface area contributed by atoms with Gasteiger partial charge >= 0.3 is 0 Å². The number of halogens is 2. The molecule has 0 saturated heterocycles. The molecule has 0 radical (unpaired) electrons. The summed E-state index contributed by atoms with van der Waals surface area (Å²) in [6.07, 6.45) is 0. The van der Waals surface area contributed by atoms with Crippen LogP contribution in [0.15, 0.2) is 46.9 Å². The van der Waals surface area contributed by atoms with Crippen molar-refractivity contribution in [2.75, 3.05) is 24.3 Å². The first-order chi connectivity index (χ1) is 9.06. The summed E-state index contributed by atoms with van der Waals surface area (Å²) in [5, 5.41) is 4.16. The molecule has 4 heteroatoms. The van der Waals surface area contributed by atoms with Crippen molar-refractivity contribution in [3.8, 4) is 0 Å². The number of nitrogens with zero attached hydrogens (tertiary/aromatic N) is 1. The highest BCUT2D eigenvalue weighted by molar-refractivity contribution is 9.10. The van der Waals surface area contributed by atoms with Gasteiger partial charge in [0.15, 0.2) is 0 Å². The van der Waals surface area contributed by atoms with E-state index in [1.54, 1.807) is 0 Å². The third-order valence-corrected chi connectivity index (χ3v) is 3.83. The van der Waals surface area contributed by atoms with Gasteiger partial charge in [0.2, 0.25) is 0 Å². The van der Waals surface area contributed by atoms with E-state index in [0.717, 1.165) is 21.7 Å². The number of nitrogens with one attached hydrogen (secondary N) is 1. The SMILES string of the molecule is CN(C)c1cccc(NCc2ccc(Cl)cc2Br)c1. The maximum atomic E-state index is 5.93. The molecule has 2 rings (SSSR count). The first kappa shape index (κ1) is 14.2. The van der Waals surface area contributed by atoms with Gasteiger partial charge in [-0.1, -0.05) is 39.7 Å². The average Bonchev–Trinajstić information content (AvgIpc) is 2.38. The van der Waals surface area contributed by atoms with Crippen molar-refractivity contribution >= 4 is 38.9 Å². The standard InChI is InChI=1S/C15H16BrClN2/c1-19(2)14-5-3-4-13(9-14)18-10-11-6-7-12(17)8-15(11)16/h3-9,18H,10H2,1-2H3. The van der Waals surface area contributed by atoms with Crippen molar-refractivity contribution in [1.29, 1.82) is 0 Å². The molecule has 2 nitrogen and oxygen atoms in total. The second-order valence-electron chi connectivity index (χ2n) is 4.53. The third kappa shape index (κ3) is 3.88. The summed E-state index contributed by atoms with van der Waals surface area (Å²) in [7, 11) is 4.07. The Kier molecular flexibility index (Phi) is 4.72. The van der Waals surface area contributed by atoms with Gasteiger partial charge in [-0.15, -0.1) is 0 Å². The summed E-state index contributed by atoms with van der Waals surface area (Å²) >= 11 is 9.46. The Hall–Kier alpha value is -1.19. The molecule has 19 heavy (non-hydrogen) atoms. The molecule has 0 aliphatic heterocycles. The Morgan fingerprint density at radius 2 is 1.95 bits per heavy atom. The Balaban J connectivity index is 2.08. The minimum Gasteiger partial charge on any atom is -0.381 e. The molecule has 0 aromatic heterocycles. The van der Waals surface area contributed by atoms with E-state index in [9.17, 15) is 0 Å². The van der Waals surface area contributed by atoms with Crippen molar-refractivity contribution in [1.82, 2.24) is 0 Å². The fourth-order valence-corrected chi connectivity index (χ4v) is 2.58. The quantitative estimate of drug-likeness (QED) is 0.862. The molecule has 1 N–H and O–H groups in total. The molecular formula is C15H16BrClN2. The Bertz CT molecular complexity index is 570. The number of anilines is 2. The molecule has 0 fully saturated rings. The molecule has 0 aliphatic carbocycles. The maximum absolute atomic E-state index is 5.93. The molecule has 0 saturated carbocycles. The first-order valence-corrected chi connectivity index (χ1v) is 7.18. The molecule has 0 amide bonds. The third-order valence-electron chi connectivity index (χ3n) is 2.86. The predicted octanol–water partition coefficient (Wildman–Crippen LogP) is 4.78. The fraction of sp³-hybridized carbons (Fsp3) is 0.200. The van der Waals surface area contributed by atoms with Crippen molar-refractivity contribution in [3.63, 3.8) is 0 Å². The number of benzene rings is 2. The second kappa shape index (κ2) is 6.31. The highest BCUT2D eigenvalue weighted by atomic mass is 79.9. The Morgan fingerprint density at radius 1 is 1.16 bits per heavy atom. The molecule has 0 atom stereocenters. The van der Waals surface area contributed by atoms with Crippen LogP contribution >= 0.6 is 27.5 Å². The van der Waals surface area contributed by atoms with Gasteiger partial charge in [0.25, 0.3) is 0 Å². The van der Waals surface area contributed by atoms with E-state index in [4.69, 9.17) is 11.6 Å². The van der Waals surface area contributed by atoms with Crippen LogP contribution in [0.5, 0.6) is 0 Å². The monoisotopic (exact) mass is 338 g/mol. The van der Waals surface area contributed by atoms with Crippen molar-refractivity contribution in [2.45, 2.75) is 6.54 Å². The zero-order valence-corrected chi connectivity index (χ0v) is 13.3. The lowest BCUT2D eigenvalue weighted by atomic mass is 10.2. The largest absolute Gasteiger partial charge is 0.381 e. The lowest BCUT2D eigenvalue weighted by molar-refractivity contribution is 1.11. The summed E-state index contributed by atoms with van der Waals surface area (Å²) in [5.74, 6) is 0. The van der Waals surface area contributed by atoms with E-state index in [2.05, 4.69) is 50.4 Å². The van der Waals surface area contributed by atoms with E-state index in [0.29, 0.717) is 0 Å². The van der Waals surface area contributed by atoms with E-state index in [-0.39, 0.29) is 0 Å². The van der Waals surface area contributed by atoms with E-state index in [1.807, 2.05) is 32.3 Å². The van der Waals surface area contributed by atoms with Crippen LogP contribution in [0.3, 0.4) is 0 Å². The molecule has 0 aliphatic rings. The zero-order valence-electron chi connectivity index (χ0n) is 11.0.